The van der Waals surface area contributed by atoms with E-state index in [4.69, 9.17) is 0 Å². The molecule has 0 saturated heterocycles. The van der Waals surface area contributed by atoms with Crippen LogP contribution in [0.2, 0.25) is 0 Å². The fourth-order valence-corrected chi connectivity index (χ4v) is 8.93. The third-order valence-electron chi connectivity index (χ3n) is 11.6. The van der Waals surface area contributed by atoms with Crippen molar-refractivity contribution >= 4 is 77.2 Å². The molecule has 11 aromatic rings. The first-order valence-electron chi connectivity index (χ1n) is 19.9. The lowest BCUT2D eigenvalue weighted by molar-refractivity contribution is 1.28. The lowest BCUT2D eigenvalue weighted by Gasteiger charge is -2.28. The molecule has 0 radical (unpaired) electrons. The summed E-state index contributed by atoms with van der Waals surface area (Å²) in [6.07, 6.45) is 0. The Bertz CT molecular complexity index is 3150. The number of benzene rings is 11. The Kier molecular flexibility index (Phi) is 8.19. The number of para-hydroxylation sites is 3. The van der Waals surface area contributed by atoms with Crippen LogP contribution in [0.25, 0.3) is 65.3 Å². The number of nitrogens with zero attached hydrogens (tertiary/aromatic N) is 2. The van der Waals surface area contributed by atoms with Crippen molar-refractivity contribution in [2.45, 2.75) is 0 Å². The summed E-state index contributed by atoms with van der Waals surface area (Å²) in [6, 6.07) is 83.5. The number of hydrogen-bond donors (Lipinski definition) is 0. The second kappa shape index (κ2) is 14.1. The van der Waals surface area contributed by atoms with Crippen molar-refractivity contribution in [1.82, 2.24) is 0 Å². The minimum absolute atomic E-state index is 1.12. The van der Waals surface area contributed by atoms with Crippen LogP contribution in [0.3, 0.4) is 0 Å². The average Bonchev–Trinajstić information content (AvgIpc) is 3.30. The smallest absolute Gasteiger partial charge is 0.0546 e. The topological polar surface area (TPSA) is 6.48 Å². The van der Waals surface area contributed by atoms with Crippen LogP contribution >= 0.6 is 0 Å². The van der Waals surface area contributed by atoms with Gasteiger partial charge in [-0.2, -0.15) is 0 Å². The van der Waals surface area contributed by atoms with E-state index in [0.717, 1.165) is 28.4 Å². The van der Waals surface area contributed by atoms with Crippen molar-refractivity contribution in [3.63, 3.8) is 0 Å². The first-order valence-corrected chi connectivity index (χ1v) is 19.9. The fraction of sp³-hybridized carbons (Fsp3) is 0. The molecule has 0 amide bonds. The Morgan fingerprint density at radius 3 is 1.17 bits per heavy atom. The summed E-state index contributed by atoms with van der Waals surface area (Å²) in [5.41, 5.74) is 11.6. The summed E-state index contributed by atoms with van der Waals surface area (Å²) in [5.74, 6) is 0. The molecule has 58 heavy (non-hydrogen) atoms. The predicted molar refractivity (Wildman–Crippen MR) is 248 cm³/mol. The summed E-state index contributed by atoms with van der Waals surface area (Å²) < 4.78 is 0. The first kappa shape index (κ1) is 33.6. The SMILES string of the molecule is c1ccc(N(c2ccccc2)c2ccc(-c3cccc4c(-c5ccc(N(c6ccccc6)c6cc7cccc8ccc9cccc6c9c87)cc5)cccc34)cc2)cc1. The van der Waals surface area contributed by atoms with E-state index >= 15 is 0 Å². The number of rotatable bonds is 8. The Morgan fingerprint density at radius 1 is 0.241 bits per heavy atom. The molecule has 0 heterocycles. The second-order valence-electron chi connectivity index (χ2n) is 14.9. The first-order chi connectivity index (χ1) is 28.8. The molecule has 2 heteroatoms. The molecule has 0 saturated carbocycles. The van der Waals surface area contributed by atoms with Crippen LogP contribution < -0.4 is 9.80 Å². The third-order valence-corrected chi connectivity index (χ3v) is 11.6. The molecular weight excluding hydrogens is 701 g/mol. The average molecular weight is 739 g/mol. The van der Waals surface area contributed by atoms with E-state index in [1.807, 2.05) is 0 Å². The third kappa shape index (κ3) is 5.74. The van der Waals surface area contributed by atoms with Gasteiger partial charge in [0.1, 0.15) is 0 Å². The Hall–Kier alpha value is -7.68. The summed E-state index contributed by atoms with van der Waals surface area (Å²) in [5, 5.41) is 10.2. The molecule has 0 bridgehead atoms. The lowest BCUT2D eigenvalue weighted by atomic mass is 9.92. The van der Waals surface area contributed by atoms with Gasteiger partial charge in [-0.1, -0.05) is 164 Å². The Morgan fingerprint density at radius 2 is 0.638 bits per heavy atom. The zero-order valence-corrected chi connectivity index (χ0v) is 31.8. The van der Waals surface area contributed by atoms with Crippen LogP contribution in [-0.4, -0.2) is 0 Å². The van der Waals surface area contributed by atoms with Gasteiger partial charge in [0, 0.05) is 33.8 Å². The van der Waals surface area contributed by atoms with Gasteiger partial charge in [-0.25, -0.2) is 0 Å². The molecule has 11 rings (SSSR count). The molecule has 0 aliphatic carbocycles. The van der Waals surface area contributed by atoms with Gasteiger partial charge >= 0.3 is 0 Å². The summed E-state index contributed by atoms with van der Waals surface area (Å²) in [7, 11) is 0. The van der Waals surface area contributed by atoms with Gasteiger partial charge in [0.15, 0.2) is 0 Å². The number of hydrogen-bond acceptors (Lipinski definition) is 2. The highest BCUT2D eigenvalue weighted by Gasteiger charge is 2.20. The molecular formula is C56H38N2. The lowest BCUT2D eigenvalue weighted by Crippen LogP contribution is -2.10. The highest BCUT2D eigenvalue weighted by atomic mass is 15.1. The van der Waals surface area contributed by atoms with Crippen LogP contribution in [0.4, 0.5) is 34.1 Å². The molecule has 0 unspecified atom stereocenters. The van der Waals surface area contributed by atoms with Gasteiger partial charge in [-0.3, -0.25) is 0 Å². The zero-order valence-electron chi connectivity index (χ0n) is 31.8. The van der Waals surface area contributed by atoms with E-state index in [2.05, 4.69) is 240 Å². The number of anilines is 6. The zero-order chi connectivity index (χ0) is 38.4. The van der Waals surface area contributed by atoms with Crippen LogP contribution in [0.15, 0.2) is 231 Å². The molecule has 0 aromatic heterocycles. The van der Waals surface area contributed by atoms with Crippen molar-refractivity contribution in [2.75, 3.05) is 9.80 Å². The summed E-state index contributed by atoms with van der Waals surface area (Å²) >= 11 is 0. The van der Waals surface area contributed by atoms with Gasteiger partial charge < -0.3 is 9.80 Å². The molecule has 11 aromatic carbocycles. The van der Waals surface area contributed by atoms with Gasteiger partial charge in [0.25, 0.3) is 0 Å². The van der Waals surface area contributed by atoms with Gasteiger partial charge in [-0.15, -0.1) is 0 Å². The van der Waals surface area contributed by atoms with E-state index in [1.165, 1.54) is 71.0 Å². The van der Waals surface area contributed by atoms with Crippen LogP contribution in [0.5, 0.6) is 0 Å². The quantitative estimate of drug-likeness (QED) is 0.143. The second-order valence-corrected chi connectivity index (χ2v) is 14.9. The van der Waals surface area contributed by atoms with Crippen molar-refractivity contribution in [1.29, 1.82) is 0 Å². The van der Waals surface area contributed by atoms with E-state index in [-0.39, 0.29) is 0 Å². The fourth-order valence-electron chi connectivity index (χ4n) is 8.93. The standard InChI is InChI=1S/C56H38N2/c1-4-17-44(18-5-1)57(45-19-6-2-7-20-45)47-34-30-39(31-35-47)49-23-12-26-52-50(24-13-25-51(49)52)40-32-36-48(37-33-40)58(46-21-8-3-9-22-46)54-38-43-16-10-14-41-28-29-42-15-11-27-53(54)56(42)55(41)43/h1-38H. The van der Waals surface area contributed by atoms with Crippen LogP contribution in [0.1, 0.15) is 0 Å². The molecule has 0 aliphatic rings. The van der Waals surface area contributed by atoms with Crippen molar-refractivity contribution in [3.8, 4) is 22.3 Å². The van der Waals surface area contributed by atoms with Crippen molar-refractivity contribution in [3.05, 3.63) is 231 Å². The maximum atomic E-state index is 2.41. The van der Waals surface area contributed by atoms with Crippen LogP contribution in [0, 0.1) is 0 Å². The molecule has 0 aliphatic heterocycles. The summed E-state index contributed by atoms with van der Waals surface area (Å²) in [6.45, 7) is 0. The molecule has 2 nitrogen and oxygen atoms in total. The van der Waals surface area contributed by atoms with Crippen molar-refractivity contribution in [2.24, 2.45) is 0 Å². The minimum Gasteiger partial charge on any atom is -0.311 e. The highest BCUT2D eigenvalue weighted by molar-refractivity contribution is 6.26. The molecule has 0 atom stereocenters. The molecule has 0 fully saturated rings. The Balaban J connectivity index is 0.980. The monoisotopic (exact) mass is 738 g/mol. The maximum Gasteiger partial charge on any atom is 0.0546 e. The van der Waals surface area contributed by atoms with E-state index in [9.17, 15) is 0 Å². The van der Waals surface area contributed by atoms with Gasteiger partial charge in [0.2, 0.25) is 0 Å². The van der Waals surface area contributed by atoms with Gasteiger partial charge in [-0.05, 0) is 127 Å². The van der Waals surface area contributed by atoms with E-state index in [1.54, 1.807) is 0 Å². The minimum atomic E-state index is 1.12. The summed E-state index contributed by atoms with van der Waals surface area (Å²) in [4.78, 5) is 4.72. The van der Waals surface area contributed by atoms with Gasteiger partial charge in [0.05, 0.1) is 5.69 Å². The maximum absolute atomic E-state index is 2.41. The number of fused-ring (bicyclic) bond motifs is 1. The van der Waals surface area contributed by atoms with E-state index in [0.29, 0.717) is 0 Å². The Labute approximate surface area is 338 Å². The molecule has 0 N–H and O–H groups in total. The largest absolute Gasteiger partial charge is 0.311 e. The van der Waals surface area contributed by atoms with E-state index < -0.39 is 0 Å². The molecule has 272 valence electrons. The molecule has 0 spiro atoms. The highest BCUT2D eigenvalue weighted by Crippen LogP contribution is 2.45. The van der Waals surface area contributed by atoms with Crippen LogP contribution in [-0.2, 0) is 0 Å². The predicted octanol–water partition coefficient (Wildman–Crippen LogP) is 16.0. The van der Waals surface area contributed by atoms with Crippen molar-refractivity contribution < 1.29 is 0 Å². The normalized spacial score (nSPS) is 11.4.